The molecule has 1 aromatic heterocycles. The number of nitrogens with zero attached hydrogens (tertiary/aromatic N) is 3. The van der Waals surface area contributed by atoms with Gasteiger partial charge in [-0.1, -0.05) is 19.1 Å². The van der Waals surface area contributed by atoms with Crippen LogP contribution in [0.3, 0.4) is 0 Å². The second-order valence-electron chi connectivity index (χ2n) is 5.12. The average Bonchev–Trinajstić information content (AvgIpc) is 2.77. The van der Waals surface area contributed by atoms with Crippen LogP contribution in [0.4, 0.5) is 0 Å². The second-order valence-corrected chi connectivity index (χ2v) is 5.12. The minimum atomic E-state index is 0.185. The molecule has 1 saturated carbocycles. The molecule has 0 bridgehead atoms. The first-order valence-electron chi connectivity index (χ1n) is 6.16. The standard InChI is InChI=1S/C11H21N5/c1-7-4-5-10(6-8(7)2)12-9(3)11-13-15-16-14-11/h7-10,12H,4-6H2,1-3H3,(H,13,14,15,16). The number of hydrogen-bond donors (Lipinski definition) is 2. The van der Waals surface area contributed by atoms with Crippen LogP contribution in [0.2, 0.25) is 0 Å². The van der Waals surface area contributed by atoms with Crippen molar-refractivity contribution in [3.8, 4) is 0 Å². The van der Waals surface area contributed by atoms with E-state index in [1.807, 2.05) is 0 Å². The number of rotatable bonds is 3. The molecule has 5 nitrogen and oxygen atoms in total. The first-order valence-corrected chi connectivity index (χ1v) is 6.16. The van der Waals surface area contributed by atoms with Crippen LogP contribution < -0.4 is 5.32 Å². The van der Waals surface area contributed by atoms with Gasteiger partial charge in [0.05, 0.1) is 6.04 Å². The summed E-state index contributed by atoms with van der Waals surface area (Å²) in [5.74, 6) is 2.42. The molecule has 2 rings (SSSR count). The summed E-state index contributed by atoms with van der Waals surface area (Å²) in [7, 11) is 0. The number of nitrogens with one attached hydrogen (secondary N) is 2. The van der Waals surface area contributed by atoms with Gasteiger partial charge >= 0.3 is 0 Å². The first kappa shape index (κ1) is 11.5. The molecule has 0 aromatic carbocycles. The molecule has 0 amide bonds. The molecule has 1 heterocycles. The number of H-pyrrole nitrogens is 1. The minimum Gasteiger partial charge on any atom is -0.305 e. The predicted octanol–water partition coefficient (Wildman–Crippen LogP) is 1.67. The molecule has 1 aliphatic carbocycles. The fourth-order valence-electron chi connectivity index (χ4n) is 2.48. The summed E-state index contributed by atoms with van der Waals surface area (Å²) in [5.41, 5.74) is 0. The summed E-state index contributed by atoms with van der Waals surface area (Å²) in [6.07, 6.45) is 3.83. The quantitative estimate of drug-likeness (QED) is 0.818. The van der Waals surface area contributed by atoms with Crippen LogP contribution in [0.1, 0.15) is 51.9 Å². The molecule has 0 aliphatic heterocycles. The Morgan fingerprint density at radius 2 is 2.12 bits per heavy atom. The van der Waals surface area contributed by atoms with Gasteiger partial charge in [0.1, 0.15) is 0 Å². The largest absolute Gasteiger partial charge is 0.305 e. The maximum Gasteiger partial charge on any atom is 0.191 e. The smallest absolute Gasteiger partial charge is 0.191 e. The third-order valence-corrected chi connectivity index (χ3v) is 3.83. The van der Waals surface area contributed by atoms with Gasteiger partial charge < -0.3 is 5.32 Å². The van der Waals surface area contributed by atoms with Crippen molar-refractivity contribution in [3.63, 3.8) is 0 Å². The lowest BCUT2D eigenvalue weighted by Crippen LogP contribution is -2.37. The topological polar surface area (TPSA) is 66.5 Å². The monoisotopic (exact) mass is 223 g/mol. The van der Waals surface area contributed by atoms with Gasteiger partial charge in [-0.2, -0.15) is 5.21 Å². The zero-order chi connectivity index (χ0) is 11.5. The van der Waals surface area contributed by atoms with E-state index in [1.165, 1.54) is 19.3 Å². The van der Waals surface area contributed by atoms with E-state index in [4.69, 9.17) is 0 Å². The highest BCUT2D eigenvalue weighted by Crippen LogP contribution is 2.30. The summed E-state index contributed by atoms with van der Waals surface area (Å²) in [4.78, 5) is 0. The molecular formula is C11H21N5. The first-order chi connectivity index (χ1) is 7.66. The highest BCUT2D eigenvalue weighted by atomic mass is 15.5. The SMILES string of the molecule is CC(NC1CCC(C)C(C)C1)c1nn[nH]n1. The molecule has 16 heavy (non-hydrogen) atoms. The van der Waals surface area contributed by atoms with Crippen LogP contribution in [0.25, 0.3) is 0 Å². The van der Waals surface area contributed by atoms with Crippen molar-refractivity contribution in [2.24, 2.45) is 11.8 Å². The fraction of sp³-hybridized carbons (Fsp3) is 0.909. The van der Waals surface area contributed by atoms with Crippen molar-refractivity contribution in [2.45, 2.75) is 52.1 Å². The Bertz CT molecular complexity index is 310. The van der Waals surface area contributed by atoms with E-state index in [1.54, 1.807) is 0 Å². The highest BCUT2D eigenvalue weighted by Gasteiger charge is 2.26. The lowest BCUT2D eigenvalue weighted by atomic mass is 9.79. The van der Waals surface area contributed by atoms with Crippen LogP contribution in [0, 0.1) is 11.8 Å². The molecule has 5 heteroatoms. The van der Waals surface area contributed by atoms with Crippen LogP contribution in [0.5, 0.6) is 0 Å². The molecule has 0 spiro atoms. The average molecular weight is 223 g/mol. The van der Waals surface area contributed by atoms with Crippen molar-refractivity contribution >= 4 is 0 Å². The van der Waals surface area contributed by atoms with E-state index in [9.17, 15) is 0 Å². The van der Waals surface area contributed by atoms with E-state index >= 15 is 0 Å². The normalized spacial score (nSPS) is 32.6. The van der Waals surface area contributed by atoms with Crippen LogP contribution in [-0.4, -0.2) is 26.7 Å². The van der Waals surface area contributed by atoms with Crippen molar-refractivity contribution in [1.29, 1.82) is 0 Å². The number of aromatic amines is 1. The highest BCUT2D eigenvalue weighted by molar-refractivity contribution is 4.89. The van der Waals surface area contributed by atoms with Gasteiger partial charge in [-0.3, -0.25) is 0 Å². The Hall–Kier alpha value is -0.970. The summed E-state index contributed by atoms with van der Waals surface area (Å²) in [6.45, 7) is 6.79. The van der Waals surface area contributed by atoms with Crippen LogP contribution in [0.15, 0.2) is 0 Å². The third kappa shape index (κ3) is 2.58. The van der Waals surface area contributed by atoms with Crippen molar-refractivity contribution in [1.82, 2.24) is 25.9 Å². The molecule has 4 unspecified atom stereocenters. The summed E-state index contributed by atoms with van der Waals surface area (Å²) >= 11 is 0. The lowest BCUT2D eigenvalue weighted by Gasteiger charge is -2.33. The van der Waals surface area contributed by atoms with Gasteiger partial charge in [0.2, 0.25) is 0 Å². The zero-order valence-electron chi connectivity index (χ0n) is 10.3. The van der Waals surface area contributed by atoms with Gasteiger partial charge in [0.15, 0.2) is 5.82 Å². The number of hydrogen-bond acceptors (Lipinski definition) is 4. The Labute approximate surface area is 96.4 Å². The van der Waals surface area contributed by atoms with E-state index < -0.39 is 0 Å². The molecule has 1 fully saturated rings. The van der Waals surface area contributed by atoms with Crippen LogP contribution >= 0.6 is 0 Å². The Morgan fingerprint density at radius 1 is 1.31 bits per heavy atom. The van der Waals surface area contributed by atoms with Crippen molar-refractivity contribution in [3.05, 3.63) is 5.82 Å². The predicted molar refractivity (Wildman–Crippen MR) is 61.7 cm³/mol. The van der Waals surface area contributed by atoms with Gasteiger partial charge in [-0.15, -0.1) is 10.2 Å². The van der Waals surface area contributed by atoms with Crippen molar-refractivity contribution < 1.29 is 0 Å². The Morgan fingerprint density at radius 3 is 2.75 bits per heavy atom. The minimum absolute atomic E-state index is 0.185. The van der Waals surface area contributed by atoms with Gasteiger partial charge in [-0.05, 0) is 38.0 Å². The van der Waals surface area contributed by atoms with Gasteiger partial charge in [0.25, 0.3) is 0 Å². The molecule has 0 radical (unpaired) electrons. The second kappa shape index (κ2) is 4.91. The van der Waals surface area contributed by atoms with E-state index in [0.717, 1.165) is 17.7 Å². The van der Waals surface area contributed by atoms with Gasteiger partial charge in [-0.25, -0.2) is 0 Å². The molecule has 1 aromatic rings. The summed E-state index contributed by atoms with van der Waals surface area (Å²) < 4.78 is 0. The van der Waals surface area contributed by atoms with E-state index in [2.05, 4.69) is 46.7 Å². The van der Waals surface area contributed by atoms with Gasteiger partial charge in [0, 0.05) is 6.04 Å². The molecular weight excluding hydrogens is 202 g/mol. The molecule has 1 aliphatic rings. The zero-order valence-corrected chi connectivity index (χ0v) is 10.3. The Balaban J connectivity index is 1.86. The van der Waals surface area contributed by atoms with Crippen molar-refractivity contribution in [2.75, 3.05) is 0 Å². The Kier molecular flexibility index (Phi) is 3.53. The molecule has 90 valence electrons. The molecule has 2 N–H and O–H groups in total. The fourth-order valence-corrected chi connectivity index (χ4v) is 2.48. The molecule has 4 atom stereocenters. The van der Waals surface area contributed by atoms with Crippen LogP contribution in [-0.2, 0) is 0 Å². The maximum atomic E-state index is 4.01. The summed E-state index contributed by atoms with van der Waals surface area (Å²) in [6, 6.07) is 0.782. The lowest BCUT2D eigenvalue weighted by molar-refractivity contribution is 0.216. The van der Waals surface area contributed by atoms with E-state index in [-0.39, 0.29) is 6.04 Å². The summed E-state index contributed by atoms with van der Waals surface area (Å²) in [5, 5.41) is 17.7. The third-order valence-electron chi connectivity index (χ3n) is 3.83. The number of aromatic nitrogens is 4. The molecule has 0 saturated heterocycles. The number of tetrazole rings is 1. The maximum absolute atomic E-state index is 4.01. The van der Waals surface area contributed by atoms with E-state index in [0.29, 0.717) is 6.04 Å².